The zero-order chi connectivity index (χ0) is 9.14. The maximum Gasteiger partial charge on any atom is 0.209 e. The Hall–Kier alpha value is -1.64. The van der Waals surface area contributed by atoms with E-state index < -0.39 is 0 Å². The summed E-state index contributed by atoms with van der Waals surface area (Å²) in [6.07, 6.45) is 5.33. The summed E-state index contributed by atoms with van der Waals surface area (Å²) in [5.41, 5.74) is 6.06. The zero-order valence-electron chi connectivity index (χ0n) is 6.63. The van der Waals surface area contributed by atoms with Gasteiger partial charge in [0.25, 0.3) is 0 Å². The molecule has 0 saturated heterocycles. The molecule has 1 aliphatic carbocycles. The fourth-order valence-corrected chi connectivity index (χ4v) is 0.957. The molecule has 0 aromatic heterocycles. The lowest BCUT2D eigenvalue weighted by atomic mass is 9.97. The average Bonchev–Trinajstić information content (AvgIpc) is 2.07. The van der Waals surface area contributed by atoms with Crippen LogP contribution in [0.1, 0.15) is 6.42 Å². The van der Waals surface area contributed by atoms with Gasteiger partial charge in [-0.15, -0.1) is 6.58 Å². The van der Waals surface area contributed by atoms with E-state index >= 15 is 0 Å². The Morgan fingerprint density at radius 1 is 1.58 bits per heavy atom. The van der Waals surface area contributed by atoms with Gasteiger partial charge in [-0.1, -0.05) is 12.2 Å². The number of allylic oxidation sites excluding steroid dienone is 5. The summed E-state index contributed by atoms with van der Waals surface area (Å²) in [5, 5.41) is 7.29. The highest BCUT2D eigenvalue weighted by Crippen LogP contribution is 2.12. The van der Waals surface area contributed by atoms with Crippen molar-refractivity contribution in [3.63, 3.8) is 0 Å². The van der Waals surface area contributed by atoms with Gasteiger partial charge in [0.05, 0.1) is 5.70 Å². The van der Waals surface area contributed by atoms with Crippen molar-refractivity contribution in [1.29, 1.82) is 5.41 Å². The van der Waals surface area contributed by atoms with Crippen molar-refractivity contribution in [2.75, 3.05) is 0 Å². The highest BCUT2D eigenvalue weighted by atomic mass is 16.1. The monoisotopic (exact) mass is 162 g/mol. The predicted molar refractivity (Wildman–Crippen MR) is 47.9 cm³/mol. The quantitative estimate of drug-likeness (QED) is 0.468. The topological polar surface area (TPSA) is 66.9 Å². The van der Waals surface area contributed by atoms with Gasteiger partial charge in [0, 0.05) is 5.57 Å². The van der Waals surface area contributed by atoms with E-state index in [-0.39, 0.29) is 17.2 Å². The molecular formula is C9H10N2O. The van der Waals surface area contributed by atoms with Gasteiger partial charge in [-0.25, -0.2) is 0 Å². The van der Waals surface area contributed by atoms with Crippen LogP contribution in [0.2, 0.25) is 0 Å². The second-order valence-electron chi connectivity index (χ2n) is 2.51. The second-order valence-corrected chi connectivity index (χ2v) is 2.51. The molecule has 0 aromatic carbocycles. The lowest BCUT2D eigenvalue weighted by Crippen LogP contribution is -2.24. The number of carbonyl (C=O) groups excluding carboxylic acids is 1. The van der Waals surface area contributed by atoms with Gasteiger partial charge in [0.15, 0.2) is 0 Å². The number of carbonyl (C=O) groups is 1. The van der Waals surface area contributed by atoms with Crippen LogP contribution in [0.15, 0.2) is 36.1 Å². The first kappa shape index (κ1) is 8.46. The van der Waals surface area contributed by atoms with Gasteiger partial charge >= 0.3 is 0 Å². The Balaban J connectivity index is 2.97. The van der Waals surface area contributed by atoms with Crippen molar-refractivity contribution < 1.29 is 4.79 Å². The Labute approximate surface area is 70.8 Å². The summed E-state index contributed by atoms with van der Waals surface area (Å²) in [6, 6.07) is 0. The van der Waals surface area contributed by atoms with Crippen LogP contribution in [0, 0.1) is 5.41 Å². The van der Waals surface area contributed by atoms with Crippen molar-refractivity contribution >= 4 is 11.5 Å². The summed E-state index contributed by atoms with van der Waals surface area (Å²) < 4.78 is 0. The van der Waals surface area contributed by atoms with Crippen LogP contribution >= 0.6 is 0 Å². The number of Topliss-reactive ketones (excluding diaryl/α,β-unsaturated/α-hetero) is 1. The van der Waals surface area contributed by atoms with E-state index in [1.807, 2.05) is 0 Å². The van der Waals surface area contributed by atoms with Gasteiger partial charge in [-0.3, -0.25) is 10.2 Å². The third kappa shape index (κ3) is 1.34. The molecule has 0 atom stereocenters. The number of rotatable bonds is 2. The van der Waals surface area contributed by atoms with Crippen molar-refractivity contribution in [3.8, 4) is 0 Å². The van der Waals surface area contributed by atoms with E-state index in [0.29, 0.717) is 12.0 Å². The van der Waals surface area contributed by atoms with Crippen LogP contribution in [0.25, 0.3) is 0 Å². The van der Waals surface area contributed by atoms with Crippen LogP contribution in [0.5, 0.6) is 0 Å². The first-order valence-corrected chi connectivity index (χ1v) is 3.57. The molecule has 62 valence electrons. The number of nitrogens with one attached hydrogen (secondary N) is 1. The second kappa shape index (κ2) is 3.17. The first-order chi connectivity index (χ1) is 5.66. The molecule has 0 aliphatic heterocycles. The minimum atomic E-state index is -0.296. The van der Waals surface area contributed by atoms with Crippen molar-refractivity contribution in [2.45, 2.75) is 6.42 Å². The van der Waals surface area contributed by atoms with Crippen LogP contribution in [-0.4, -0.2) is 11.5 Å². The SMILES string of the molecule is C=CCC1=CC=C(N)C(=N)C1=O. The molecule has 0 spiro atoms. The number of hydrogen-bond donors (Lipinski definition) is 2. The molecule has 3 N–H and O–H groups in total. The van der Waals surface area contributed by atoms with E-state index in [9.17, 15) is 4.79 Å². The summed E-state index contributed by atoms with van der Waals surface area (Å²) in [5.74, 6) is -0.296. The summed E-state index contributed by atoms with van der Waals surface area (Å²) in [6.45, 7) is 3.52. The van der Waals surface area contributed by atoms with Crippen molar-refractivity contribution in [1.82, 2.24) is 0 Å². The van der Waals surface area contributed by atoms with Crippen LogP contribution in [-0.2, 0) is 4.79 Å². The molecular weight excluding hydrogens is 152 g/mol. The summed E-state index contributed by atoms with van der Waals surface area (Å²) in [4.78, 5) is 11.3. The third-order valence-corrected chi connectivity index (χ3v) is 1.64. The lowest BCUT2D eigenvalue weighted by molar-refractivity contribution is -0.109. The minimum Gasteiger partial charge on any atom is -0.397 e. The molecule has 0 heterocycles. The van der Waals surface area contributed by atoms with E-state index in [1.165, 1.54) is 0 Å². The van der Waals surface area contributed by atoms with E-state index in [1.54, 1.807) is 18.2 Å². The molecule has 0 unspecified atom stereocenters. The molecule has 1 rings (SSSR count). The molecule has 3 nitrogen and oxygen atoms in total. The molecule has 0 radical (unpaired) electrons. The van der Waals surface area contributed by atoms with Gasteiger partial charge in [-0.2, -0.15) is 0 Å². The number of nitrogens with two attached hydrogens (primary N) is 1. The standard InChI is InChI=1S/C9H10N2O/c1-2-3-6-4-5-7(10)8(11)9(6)12/h2,4-5,11H,1,3,10H2. The Morgan fingerprint density at radius 2 is 2.25 bits per heavy atom. The smallest absolute Gasteiger partial charge is 0.209 e. The Morgan fingerprint density at radius 3 is 2.83 bits per heavy atom. The molecule has 3 heteroatoms. The highest BCUT2D eigenvalue weighted by Gasteiger charge is 2.18. The molecule has 1 aliphatic rings. The fraction of sp³-hybridized carbons (Fsp3) is 0.111. The van der Waals surface area contributed by atoms with E-state index in [0.717, 1.165) is 0 Å². The normalized spacial score (nSPS) is 17.0. The van der Waals surface area contributed by atoms with Crippen LogP contribution in [0.3, 0.4) is 0 Å². The van der Waals surface area contributed by atoms with Gasteiger partial charge in [0.2, 0.25) is 5.78 Å². The van der Waals surface area contributed by atoms with E-state index in [2.05, 4.69) is 6.58 Å². The number of hydrogen-bond acceptors (Lipinski definition) is 3. The van der Waals surface area contributed by atoms with Gasteiger partial charge < -0.3 is 5.73 Å². The van der Waals surface area contributed by atoms with Gasteiger partial charge in [0.1, 0.15) is 5.71 Å². The van der Waals surface area contributed by atoms with Crippen LogP contribution in [0.4, 0.5) is 0 Å². The molecule has 0 saturated carbocycles. The maximum absolute atomic E-state index is 11.3. The maximum atomic E-state index is 11.3. The highest BCUT2D eigenvalue weighted by molar-refractivity contribution is 6.50. The lowest BCUT2D eigenvalue weighted by Gasteiger charge is -2.09. The molecule has 0 fully saturated rings. The van der Waals surface area contributed by atoms with Crippen LogP contribution < -0.4 is 5.73 Å². The van der Waals surface area contributed by atoms with E-state index in [4.69, 9.17) is 11.1 Å². The summed E-state index contributed by atoms with van der Waals surface area (Å²) >= 11 is 0. The fourth-order valence-electron chi connectivity index (χ4n) is 0.957. The Kier molecular flexibility index (Phi) is 2.24. The minimum absolute atomic E-state index is 0.116. The summed E-state index contributed by atoms with van der Waals surface area (Å²) in [7, 11) is 0. The Bertz CT molecular complexity index is 310. The van der Waals surface area contributed by atoms with Gasteiger partial charge in [-0.05, 0) is 12.5 Å². The first-order valence-electron chi connectivity index (χ1n) is 3.57. The van der Waals surface area contributed by atoms with Crippen molar-refractivity contribution in [3.05, 3.63) is 36.1 Å². The van der Waals surface area contributed by atoms with Crippen molar-refractivity contribution in [2.24, 2.45) is 5.73 Å². The molecule has 12 heavy (non-hydrogen) atoms. The molecule has 0 bridgehead atoms. The largest absolute Gasteiger partial charge is 0.397 e. The average molecular weight is 162 g/mol. The third-order valence-electron chi connectivity index (χ3n) is 1.64. The molecule has 0 aromatic rings. The predicted octanol–water partition coefficient (Wildman–Crippen LogP) is 0.934. The molecule has 0 amide bonds. The number of ketones is 1. The zero-order valence-corrected chi connectivity index (χ0v) is 6.63.